The second-order valence-electron chi connectivity index (χ2n) is 6.39. The summed E-state index contributed by atoms with van der Waals surface area (Å²) < 4.78 is 8.40. The Bertz CT molecular complexity index is 1080. The van der Waals surface area contributed by atoms with Crippen molar-refractivity contribution in [1.82, 2.24) is 24.5 Å². The van der Waals surface area contributed by atoms with Crippen LogP contribution in [0.5, 0.6) is 5.75 Å². The van der Waals surface area contributed by atoms with E-state index in [1.165, 1.54) is 18.1 Å². The van der Waals surface area contributed by atoms with Gasteiger partial charge in [0.1, 0.15) is 0 Å². The molecule has 0 aliphatic carbocycles. The van der Waals surface area contributed by atoms with Crippen molar-refractivity contribution in [1.29, 1.82) is 0 Å². The van der Waals surface area contributed by atoms with Gasteiger partial charge in [0.2, 0.25) is 0 Å². The summed E-state index contributed by atoms with van der Waals surface area (Å²) in [6, 6.07) is 2.99. The van der Waals surface area contributed by atoms with E-state index in [4.69, 9.17) is 9.84 Å². The molecule has 0 saturated carbocycles. The van der Waals surface area contributed by atoms with Crippen LogP contribution in [0.1, 0.15) is 11.3 Å². The van der Waals surface area contributed by atoms with Gasteiger partial charge in [0.25, 0.3) is 0 Å². The van der Waals surface area contributed by atoms with Crippen molar-refractivity contribution in [3.63, 3.8) is 0 Å². The molecular weight excluding hydrogens is 368 g/mol. The summed E-state index contributed by atoms with van der Waals surface area (Å²) in [7, 11) is 3.12. The first-order chi connectivity index (χ1) is 13.4. The molecule has 0 radical (unpaired) electrons. The Kier molecular flexibility index (Phi) is 3.99. The van der Waals surface area contributed by atoms with Crippen LogP contribution < -0.4 is 4.74 Å². The number of aryl methyl sites for hydroxylation is 1. The van der Waals surface area contributed by atoms with E-state index in [2.05, 4.69) is 10.2 Å². The summed E-state index contributed by atoms with van der Waals surface area (Å²) in [4.78, 5) is 23.4. The van der Waals surface area contributed by atoms with Crippen LogP contribution in [0.3, 0.4) is 0 Å². The SMILES string of the molecule is COc1cc(-n2cc3c(n2)CN(C(=O)O)C3)c(-c2cnn(C)c2)cc1[N+](=O)[O-]. The highest BCUT2D eigenvalue weighted by molar-refractivity contribution is 5.77. The smallest absolute Gasteiger partial charge is 0.407 e. The minimum atomic E-state index is -1.00. The molecule has 4 rings (SSSR count). The molecule has 1 aliphatic heterocycles. The average Bonchev–Trinajstić information content (AvgIpc) is 3.34. The molecule has 11 nitrogen and oxygen atoms in total. The minimum absolute atomic E-state index is 0.107. The number of carboxylic acid groups (broad SMARTS) is 1. The number of hydrogen-bond donors (Lipinski definition) is 1. The number of aromatic nitrogens is 4. The molecule has 1 aliphatic rings. The topological polar surface area (TPSA) is 129 Å². The van der Waals surface area contributed by atoms with Gasteiger partial charge in [-0.1, -0.05) is 0 Å². The Balaban J connectivity index is 1.86. The number of amides is 1. The van der Waals surface area contributed by atoms with Gasteiger partial charge in [-0.2, -0.15) is 10.2 Å². The Morgan fingerprint density at radius 3 is 2.68 bits per heavy atom. The first-order valence-electron chi connectivity index (χ1n) is 8.28. The molecule has 3 aromatic rings. The predicted molar refractivity (Wildman–Crippen MR) is 96.2 cm³/mol. The molecule has 11 heteroatoms. The fraction of sp³-hybridized carbons (Fsp3) is 0.235. The lowest BCUT2D eigenvalue weighted by Gasteiger charge is -2.13. The predicted octanol–water partition coefficient (Wildman–Crippen LogP) is 2.18. The molecule has 0 fully saturated rings. The molecule has 2 aromatic heterocycles. The molecule has 0 atom stereocenters. The summed E-state index contributed by atoms with van der Waals surface area (Å²) >= 11 is 0. The molecule has 0 unspecified atom stereocenters. The Morgan fingerprint density at radius 2 is 2.11 bits per heavy atom. The Hall–Kier alpha value is -3.89. The van der Waals surface area contributed by atoms with Crippen molar-refractivity contribution in [2.24, 2.45) is 7.05 Å². The van der Waals surface area contributed by atoms with Crippen molar-refractivity contribution in [3.8, 4) is 22.6 Å². The molecule has 1 N–H and O–H groups in total. The minimum Gasteiger partial charge on any atom is -0.490 e. The van der Waals surface area contributed by atoms with Gasteiger partial charge in [-0.25, -0.2) is 9.48 Å². The molecule has 1 amide bonds. The number of fused-ring (bicyclic) bond motifs is 1. The van der Waals surface area contributed by atoms with Crippen molar-refractivity contribution < 1.29 is 19.6 Å². The maximum atomic E-state index is 11.5. The molecule has 0 bridgehead atoms. The number of ether oxygens (including phenoxy) is 1. The Labute approximate surface area is 158 Å². The number of methoxy groups -OCH3 is 1. The maximum absolute atomic E-state index is 11.5. The van der Waals surface area contributed by atoms with Gasteiger partial charge in [0.05, 0.1) is 42.7 Å². The third-order valence-corrected chi connectivity index (χ3v) is 4.61. The zero-order valence-corrected chi connectivity index (χ0v) is 15.1. The molecule has 0 saturated heterocycles. The molecule has 3 heterocycles. The number of benzene rings is 1. The molecule has 28 heavy (non-hydrogen) atoms. The van der Waals surface area contributed by atoms with Crippen LogP contribution in [0, 0.1) is 10.1 Å². The maximum Gasteiger partial charge on any atom is 0.407 e. The third-order valence-electron chi connectivity index (χ3n) is 4.61. The van der Waals surface area contributed by atoms with Crippen LogP contribution in [0.2, 0.25) is 0 Å². The Morgan fingerprint density at radius 1 is 1.32 bits per heavy atom. The highest BCUT2D eigenvalue weighted by atomic mass is 16.6. The average molecular weight is 384 g/mol. The third kappa shape index (κ3) is 2.82. The van der Waals surface area contributed by atoms with E-state index >= 15 is 0 Å². The lowest BCUT2D eigenvalue weighted by molar-refractivity contribution is -0.385. The van der Waals surface area contributed by atoms with Crippen molar-refractivity contribution in [2.45, 2.75) is 13.1 Å². The van der Waals surface area contributed by atoms with Gasteiger partial charge in [-0.15, -0.1) is 0 Å². The van der Waals surface area contributed by atoms with E-state index in [9.17, 15) is 14.9 Å². The van der Waals surface area contributed by atoms with Crippen molar-refractivity contribution in [2.75, 3.05) is 7.11 Å². The number of nitro benzene ring substituents is 1. The summed E-state index contributed by atoms with van der Waals surface area (Å²) in [6.45, 7) is 0.445. The van der Waals surface area contributed by atoms with Gasteiger partial charge in [-0.05, 0) is 0 Å². The van der Waals surface area contributed by atoms with Gasteiger partial charge < -0.3 is 9.84 Å². The van der Waals surface area contributed by atoms with Crippen LogP contribution in [-0.2, 0) is 20.1 Å². The van der Waals surface area contributed by atoms with E-state index in [1.54, 1.807) is 41.1 Å². The monoisotopic (exact) mass is 384 g/mol. The first-order valence-corrected chi connectivity index (χ1v) is 8.28. The fourth-order valence-electron chi connectivity index (χ4n) is 3.26. The van der Waals surface area contributed by atoms with Crippen LogP contribution in [0.25, 0.3) is 16.8 Å². The second kappa shape index (κ2) is 6.37. The number of rotatable bonds is 4. The largest absolute Gasteiger partial charge is 0.490 e. The molecule has 0 spiro atoms. The van der Waals surface area contributed by atoms with E-state index in [1.807, 2.05) is 0 Å². The summed E-state index contributed by atoms with van der Waals surface area (Å²) in [5.41, 5.74) is 3.10. The molecule has 144 valence electrons. The first kappa shape index (κ1) is 17.5. The zero-order valence-electron chi connectivity index (χ0n) is 15.1. The lowest BCUT2D eigenvalue weighted by atomic mass is 10.1. The van der Waals surface area contributed by atoms with Crippen LogP contribution in [0.15, 0.2) is 30.7 Å². The molecule has 1 aromatic carbocycles. The normalized spacial score (nSPS) is 12.9. The number of carbonyl (C=O) groups is 1. The number of nitrogens with zero attached hydrogens (tertiary/aromatic N) is 6. The van der Waals surface area contributed by atoms with Crippen molar-refractivity contribution >= 4 is 11.8 Å². The van der Waals surface area contributed by atoms with Crippen LogP contribution >= 0.6 is 0 Å². The van der Waals surface area contributed by atoms with E-state index in [0.29, 0.717) is 22.5 Å². The highest BCUT2D eigenvalue weighted by Crippen LogP contribution is 2.38. The van der Waals surface area contributed by atoms with Gasteiger partial charge in [-0.3, -0.25) is 19.7 Å². The standard InChI is InChI=1S/C17H16N6O5/c1-20-6-10(5-18-20)12-3-15(23(26)27)16(28-2)4-14(12)22-8-11-7-21(17(24)25)9-13(11)19-22/h3-6,8H,7,9H2,1-2H3,(H,24,25). The van der Waals surface area contributed by atoms with E-state index in [0.717, 1.165) is 5.56 Å². The number of hydrogen-bond acceptors (Lipinski definition) is 6. The van der Waals surface area contributed by atoms with Gasteiger partial charge >= 0.3 is 11.8 Å². The van der Waals surface area contributed by atoms with Crippen LogP contribution in [-0.4, -0.2) is 47.7 Å². The molecular formula is C17H16N6O5. The zero-order chi connectivity index (χ0) is 20.0. The van der Waals surface area contributed by atoms with Gasteiger partial charge in [0.15, 0.2) is 5.75 Å². The van der Waals surface area contributed by atoms with E-state index in [-0.39, 0.29) is 24.5 Å². The second-order valence-corrected chi connectivity index (χ2v) is 6.39. The number of nitro groups is 1. The van der Waals surface area contributed by atoms with Crippen LogP contribution in [0.4, 0.5) is 10.5 Å². The van der Waals surface area contributed by atoms with Crippen molar-refractivity contribution in [3.05, 3.63) is 52.1 Å². The quantitative estimate of drug-likeness (QED) is 0.539. The summed E-state index contributed by atoms with van der Waals surface area (Å²) in [5, 5.41) is 29.2. The van der Waals surface area contributed by atoms with Gasteiger partial charge in [0, 0.05) is 48.3 Å². The van der Waals surface area contributed by atoms with E-state index < -0.39 is 11.0 Å². The summed E-state index contributed by atoms with van der Waals surface area (Å²) in [6.07, 6.45) is 4.09. The highest BCUT2D eigenvalue weighted by Gasteiger charge is 2.28. The summed E-state index contributed by atoms with van der Waals surface area (Å²) in [5.74, 6) is 0.107. The fourth-order valence-corrected chi connectivity index (χ4v) is 3.26. The lowest BCUT2D eigenvalue weighted by Crippen LogP contribution is -2.23.